The fourth-order valence-corrected chi connectivity index (χ4v) is 1.79. The zero-order valence-corrected chi connectivity index (χ0v) is 9.89. The van der Waals surface area contributed by atoms with Crippen molar-refractivity contribution in [3.63, 3.8) is 0 Å². The van der Waals surface area contributed by atoms with Gasteiger partial charge in [-0.05, 0) is 30.7 Å². The van der Waals surface area contributed by atoms with Crippen molar-refractivity contribution in [1.82, 2.24) is 10.6 Å². The minimum Gasteiger partial charge on any atom is -0.315 e. The van der Waals surface area contributed by atoms with Gasteiger partial charge in [0.15, 0.2) is 0 Å². The predicted molar refractivity (Wildman–Crippen MR) is 66.5 cm³/mol. The van der Waals surface area contributed by atoms with Gasteiger partial charge in [-0.1, -0.05) is 12.1 Å². The van der Waals surface area contributed by atoms with Crippen molar-refractivity contribution in [2.45, 2.75) is 19.0 Å². The van der Waals surface area contributed by atoms with Gasteiger partial charge < -0.3 is 10.6 Å². The monoisotopic (exact) mass is 237 g/mol. The molecule has 1 heterocycles. The Balaban J connectivity index is 0.00000128. The van der Waals surface area contributed by atoms with Crippen molar-refractivity contribution in [2.75, 3.05) is 13.1 Å². The molecule has 0 unspecified atom stereocenters. The van der Waals surface area contributed by atoms with Crippen LogP contribution in [0.5, 0.6) is 0 Å². The molecule has 0 bridgehead atoms. The van der Waals surface area contributed by atoms with E-state index in [-0.39, 0.29) is 12.4 Å². The van der Waals surface area contributed by atoms with E-state index in [0.29, 0.717) is 6.04 Å². The van der Waals surface area contributed by atoms with Gasteiger partial charge in [-0.3, -0.25) is 0 Å². The van der Waals surface area contributed by atoms with E-state index in [2.05, 4.69) is 16.7 Å². The molecule has 2 N–H and O–H groups in total. The van der Waals surface area contributed by atoms with E-state index in [0.717, 1.165) is 25.2 Å². The molecule has 0 radical (unpaired) electrons. The number of nitrogens with one attached hydrogen (secondary N) is 2. The Morgan fingerprint density at radius 3 is 2.69 bits per heavy atom. The van der Waals surface area contributed by atoms with Crippen LogP contribution >= 0.6 is 12.4 Å². The molecular weight excluding hydrogens is 222 g/mol. The van der Waals surface area contributed by atoms with Crippen LogP contribution in [0.3, 0.4) is 0 Å². The lowest BCUT2D eigenvalue weighted by Gasteiger charge is -2.10. The lowest BCUT2D eigenvalue weighted by atomic mass is 10.1. The number of hydrogen-bond donors (Lipinski definition) is 2. The van der Waals surface area contributed by atoms with Crippen molar-refractivity contribution in [2.24, 2.45) is 0 Å². The summed E-state index contributed by atoms with van der Waals surface area (Å²) >= 11 is 0. The molecule has 1 aromatic rings. The third kappa shape index (κ3) is 3.49. The summed E-state index contributed by atoms with van der Waals surface area (Å²) in [6.07, 6.45) is 1.20. The molecule has 16 heavy (non-hydrogen) atoms. The molecule has 0 aromatic heterocycles. The van der Waals surface area contributed by atoms with Crippen molar-refractivity contribution >= 4 is 12.4 Å². The normalized spacial score (nSPS) is 18.8. The summed E-state index contributed by atoms with van der Waals surface area (Å²) in [7, 11) is 0. The highest BCUT2D eigenvalue weighted by atomic mass is 35.5. The molecule has 4 heteroatoms. The van der Waals surface area contributed by atoms with Gasteiger partial charge in [0.25, 0.3) is 0 Å². The van der Waals surface area contributed by atoms with Crippen LogP contribution in [0.15, 0.2) is 24.3 Å². The van der Waals surface area contributed by atoms with Crippen LogP contribution in [0.4, 0.5) is 0 Å². The second-order valence-corrected chi connectivity index (χ2v) is 3.88. The number of nitriles is 1. The van der Waals surface area contributed by atoms with Gasteiger partial charge in [0.05, 0.1) is 11.6 Å². The highest BCUT2D eigenvalue weighted by Gasteiger charge is 2.12. The van der Waals surface area contributed by atoms with E-state index in [1.165, 1.54) is 12.0 Å². The maximum Gasteiger partial charge on any atom is 0.0991 e. The van der Waals surface area contributed by atoms with Gasteiger partial charge >= 0.3 is 0 Å². The minimum atomic E-state index is 0. The van der Waals surface area contributed by atoms with E-state index in [4.69, 9.17) is 5.26 Å². The Morgan fingerprint density at radius 1 is 1.38 bits per heavy atom. The summed E-state index contributed by atoms with van der Waals surface area (Å²) in [5.41, 5.74) is 1.96. The molecule has 0 aliphatic carbocycles. The van der Waals surface area contributed by atoms with Gasteiger partial charge in [-0.25, -0.2) is 0 Å². The Hall–Kier alpha value is -1.08. The largest absolute Gasteiger partial charge is 0.315 e. The maximum atomic E-state index is 8.66. The van der Waals surface area contributed by atoms with Gasteiger partial charge in [0, 0.05) is 19.1 Å². The van der Waals surface area contributed by atoms with E-state index in [1.807, 2.05) is 24.3 Å². The average Bonchev–Trinajstić information content (AvgIpc) is 2.80. The molecule has 0 saturated carbocycles. The molecule has 1 fully saturated rings. The second kappa shape index (κ2) is 6.49. The Kier molecular flexibility index (Phi) is 5.27. The number of benzene rings is 1. The highest BCUT2D eigenvalue weighted by Crippen LogP contribution is 2.04. The van der Waals surface area contributed by atoms with E-state index >= 15 is 0 Å². The van der Waals surface area contributed by atoms with Gasteiger partial charge in [-0.15, -0.1) is 12.4 Å². The average molecular weight is 238 g/mol. The summed E-state index contributed by atoms with van der Waals surface area (Å²) < 4.78 is 0. The predicted octanol–water partition coefficient (Wildman–Crippen LogP) is 1.43. The SMILES string of the molecule is Cl.N#Cc1ccc(CN[C@@H]2CCNC2)cc1. The Bertz CT molecular complexity index is 350. The van der Waals surface area contributed by atoms with Crippen molar-refractivity contribution in [1.29, 1.82) is 5.26 Å². The first-order chi connectivity index (χ1) is 7.38. The number of halogens is 1. The summed E-state index contributed by atoms with van der Waals surface area (Å²) in [5, 5.41) is 15.5. The third-order valence-corrected chi connectivity index (χ3v) is 2.74. The summed E-state index contributed by atoms with van der Waals surface area (Å²) in [4.78, 5) is 0. The molecule has 1 atom stereocenters. The van der Waals surface area contributed by atoms with Gasteiger partial charge in [0.2, 0.25) is 0 Å². The fraction of sp³-hybridized carbons (Fsp3) is 0.417. The molecule has 1 aliphatic rings. The molecule has 0 amide bonds. The summed E-state index contributed by atoms with van der Waals surface area (Å²) in [5.74, 6) is 0. The lowest BCUT2D eigenvalue weighted by molar-refractivity contribution is 0.547. The van der Waals surface area contributed by atoms with E-state index in [1.54, 1.807) is 0 Å². The molecule has 1 aliphatic heterocycles. The quantitative estimate of drug-likeness (QED) is 0.836. The molecule has 0 spiro atoms. The van der Waals surface area contributed by atoms with Crippen LogP contribution in [-0.2, 0) is 6.54 Å². The van der Waals surface area contributed by atoms with Crippen LogP contribution < -0.4 is 10.6 Å². The van der Waals surface area contributed by atoms with Crippen LogP contribution in [0.25, 0.3) is 0 Å². The van der Waals surface area contributed by atoms with Crippen molar-refractivity contribution < 1.29 is 0 Å². The Labute approximate surface area is 102 Å². The molecule has 86 valence electrons. The Morgan fingerprint density at radius 2 is 2.12 bits per heavy atom. The number of rotatable bonds is 3. The summed E-state index contributed by atoms with van der Waals surface area (Å²) in [6, 6.07) is 10.5. The number of nitrogens with zero attached hydrogens (tertiary/aromatic N) is 1. The van der Waals surface area contributed by atoms with Crippen molar-refractivity contribution in [3.05, 3.63) is 35.4 Å². The minimum absolute atomic E-state index is 0. The van der Waals surface area contributed by atoms with E-state index < -0.39 is 0 Å². The molecular formula is C12H16ClN3. The summed E-state index contributed by atoms with van der Waals surface area (Å²) in [6.45, 7) is 3.07. The lowest BCUT2D eigenvalue weighted by Crippen LogP contribution is -2.30. The van der Waals surface area contributed by atoms with Crippen LogP contribution in [-0.4, -0.2) is 19.1 Å². The first-order valence-electron chi connectivity index (χ1n) is 5.31. The fourth-order valence-electron chi connectivity index (χ4n) is 1.79. The van der Waals surface area contributed by atoms with Crippen molar-refractivity contribution in [3.8, 4) is 6.07 Å². The standard InChI is InChI=1S/C12H15N3.ClH/c13-7-10-1-3-11(4-2-10)8-15-12-5-6-14-9-12;/h1-4,12,14-15H,5-6,8-9H2;1H/t12-;/m1./s1. The van der Waals surface area contributed by atoms with Crippen LogP contribution in [0.1, 0.15) is 17.5 Å². The topological polar surface area (TPSA) is 47.9 Å². The van der Waals surface area contributed by atoms with Crippen LogP contribution in [0.2, 0.25) is 0 Å². The first kappa shape index (κ1) is 13.0. The number of hydrogen-bond acceptors (Lipinski definition) is 3. The smallest absolute Gasteiger partial charge is 0.0991 e. The second-order valence-electron chi connectivity index (χ2n) is 3.88. The molecule has 1 saturated heterocycles. The van der Waals surface area contributed by atoms with E-state index in [9.17, 15) is 0 Å². The van der Waals surface area contributed by atoms with Gasteiger partial charge in [-0.2, -0.15) is 5.26 Å². The zero-order valence-electron chi connectivity index (χ0n) is 9.07. The van der Waals surface area contributed by atoms with Gasteiger partial charge in [0.1, 0.15) is 0 Å². The molecule has 3 nitrogen and oxygen atoms in total. The van der Waals surface area contributed by atoms with Crippen LogP contribution in [0, 0.1) is 11.3 Å². The molecule has 2 rings (SSSR count). The zero-order chi connectivity index (χ0) is 10.5. The highest BCUT2D eigenvalue weighted by molar-refractivity contribution is 5.85. The maximum absolute atomic E-state index is 8.66. The third-order valence-electron chi connectivity index (χ3n) is 2.74. The molecule has 1 aromatic carbocycles. The first-order valence-corrected chi connectivity index (χ1v) is 5.31.